The minimum atomic E-state index is -4.42. The van der Waals surface area contributed by atoms with Crippen LogP contribution in [0, 0.1) is 0 Å². The summed E-state index contributed by atoms with van der Waals surface area (Å²) in [6, 6.07) is 22.4. The summed E-state index contributed by atoms with van der Waals surface area (Å²) in [6.45, 7) is 2.30. The van der Waals surface area contributed by atoms with Crippen LogP contribution in [0.4, 0.5) is 13.2 Å². The second-order valence-electron chi connectivity index (χ2n) is 9.71. The first-order valence-electron chi connectivity index (χ1n) is 12.9. The molecule has 1 aliphatic heterocycles. The average Bonchev–Trinajstić information content (AvgIpc) is 3.62. The van der Waals surface area contributed by atoms with E-state index in [1.807, 2.05) is 54.6 Å². The number of ether oxygens (including phenoxy) is 1. The standard InChI is InChI=1S/C29H29ClF3N5O/c30-25-14-8-22(9-15-25)19-37(20-26-7-4-18-39-26)27(23-10-12-24(13-11-23)29(31,32)33)28-34-35-36-38(28)17-16-21-5-2-1-3-6-21/h1-3,5-6,8-15,26-27H,4,7,16-20H2/t26-,27+/m0/s1. The van der Waals surface area contributed by atoms with Crippen LogP contribution < -0.4 is 0 Å². The number of hydrogen-bond donors (Lipinski definition) is 0. The number of halogens is 4. The molecule has 1 aliphatic rings. The molecule has 6 nitrogen and oxygen atoms in total. The highest BCUT2D eigenvalue weighted by molar-refractivity contribution is 6.30. The molecular formula is C29H29ClF3N5O. The smallest absolute Gasteiger partial charge is 0.377 e. The summed E-state index contributed by atoms with van der Waals surface area (Å²) in [5.41, 5.74) is 2.13. The van der Waals surface area contributed by atoms with Crippen LogP contribution in [-0.2, 0) is 30.4 Å². The van der Waals surface area contributed by atoms with Crippen molar-refractivity contribution in [1.82, 2.24) is 25.1 Å². The van der Waals surface area contributed by atoms with Gasteiger partial charge in [-0.2, -0.15) is 13.2 Å². The Balaban J connectivity index is 1.53. The monoisotopic (exact) mass is 555 g/mol. The van der Waals surface area contributed by atoms with Gasteiger partial charge in [-0.3, -0.25) is 4.90 Å². The van der Waals surface area contributed by atoms with Gasteiger partial charge in [0, 0.05) is 31.3 Å². The second-order valence-corrected chi connectivity index (χ2v) is 10.1. The molecule has 3 aromatic carbocycles. The summed E-state index contributed by atoms with van der Waals surface area (Å²) < 4.78 is 47.9. The SMILES string of the molecule is FC(F)(F)c1ccc([C@H](c2nnnn2CCc2ccccc2)N(Cc2ccc(Cl)cc2)C[C@@H]2CCCO2)cc1. The minimum Gasteiger partial charge on any atom is -0.377 e. The Morgan fingerprint density at radius 1 is 0.974 bits per heavy atom. The number of benzene rings is 3. The number of aromatic nitrogens is 4. The Hall–Kier alpha value is -3.27. The van der Waals surface area contributed by atoms with Gasteiger partial charge >= 0.3 is 6.18 Å². The van der Waals surface area contributed by atoms with E-state index in [2.05, 4.69) is 20.4 Å². The largest absolute Gasteiger partial charge is 0.416 e. The van der Waals surface area contributed by atoms with Crippen molar-refractivity contribution in [1.29, 1.82) is 0 Å². The fourth-order valence-corrected chi connectivity index (χ4v) is 5.09. The number of hydrogen-bond acceptors (Lipinski definition) is 5. The number of nitrogens with zero attached hydrogens (tertiary/aromatic N) is 5. The molecule has 0 spiro atoms. The molecule has 0 aliphatic carbocycles. The zero-order valence-corrected chi connectivity index (χ0v) is 22.0. The number of alkyl halides is 3. The van der Waals surface area contributed by atoms with Crippen LogP contribution in [0.15, 0.2) is 78.9 Å². The molecule has 1 fully saturated rings. The van der Waals surface area contributed by atoms with Crippen LogP contribution in [-0.4, -0.2) is 44.4 Å². The predicted molar refractivity (Wildman–Crippen MR) is 142 cm³/mol. The lowest BCUT2D eigenvalue weighted by atomic mass is 10.0. The normalized spacial score (nSPS) is 16.6. The summed E-state index contributed by atoms with van der Waals surface area (Å²) in [5, 5.41) is 13.3. The Morgan fingerprint density at radius 2 is 1.72 bits per heavy atom. The van der Waals surface area contributed by atoms with Gasteiger partial charge < -0.3 is 4.74 Å². The van der Waals surface area contributed by atoms with E-state index in [0.29, 0.717) is 49.1 Å². The van der Waals surface area contributed by atoms with Gasteiger partial charge in [0.2, 0.25) is 0 Å². The lowest BCUT2D eigenvalue weighted by Crippen LogP contribution is -2.37. The van der Waals surface area contributed by atoms with Gasteiger partial charge in [0.05, 0.1) is 17.7 Å². The predicted octanol–water partition coefficient (Wildman–Crippen LogP) is 6.36. The van der Waals surface area contributed by atoms with Crippen molar-refractivity contribution in [2.45, 2.75) is 50.7 Å². The molecule has 0 amide bonds. The first-order chi connectivity index (χ1) is 18.9. The number of aryl methyl sites for hydroxylation is 2. The molecule has 1 aromatic heterocycles. The zero-order valence-electron chi connectivity index (χ0n) is 21.3. The Labute approximate surface area is 230 Å². The van der Waals surface area contributed by atoms with E-state index in [9.17, 15) is 13.2 Å². The van der Waals surface area contributed by atoms with Crippen LogP contribution in [0.1, 0.15) is 47.0 Å². The van der Waals surface area contributed by atoms with Gasteiger partial charge in [-0.1, -0.05) is 66.2 Å². The molecule has 2 atom stereocenters. The maximum Gasteiger partial charge on any atom is 0.416 e. The highest BCUT2D eigenvalue weighted by Gasteiger charge is 2.34. The quantitative estimate of drug-likeness (QED) is 0.228. The van der Waals surface area contributed by atoms with Crippen LogP contribution in [0.25, 0.3) is 0 Å². The van der Waals surface area contributed by atoms with Crippen molar-refractivity contribution in [3.63, 3.8) is 0 Å². The topological polar surface area (TPSA) is 56.1 Å². The van der Waals surface area contributed by atoms with Gasteiger partial charge in [0.15, 0.2) is 5.82 Å². The molecule has 39 heavy (non-hydrogen) atoms. The van der Waals surface area contributed by atoms with Gasteiger partial charge in [-0.25, -0.2) is 4.68 Å². The van der Waals surface area contributed by atoms with Gasteiger partial charge in [-0.15, -0.1) is 5.10 Å². The summed E-state index contributed by atoms with van der Waals surface area (Å²) >= 11 is 6.13. The Kier molecular flexibility index (Phi) is 8.60. The van der Waals surface area contributed by atoms with Crippen molar-refractivity contribution in [2.75, 3.05) is 13.2 Å². The van der Waals surface area contributed by atoms with Gasteiger partial charge in [0.1, 0.15) is 0 Å². The molecule has 1 saturated heterocycles. The summed E-state index contributed by atoms with van der Waals surface area (Å²) in [5.74, 6) is 0.567. The van der Waals surface area contributed by atoms with Crippen molar-refractivity contribution in [3.8, 4) is 0 Å². The molecule has 0 unspecified atom stereocenters. The molecule has 10 heteroatoms. The van der Waals surface area contributed by atoms with Crippen molar-refractivity contribution >= 4 is 11.6 Å². The summed E-state index contributed by atoms with van der Waals surface area (Å²) in [6.07, 6.45) is -1.83. The van der Waals surface area contributed by atoms with E-state index < -0.39 is 17.8 Å². The molecule has 0 radical (unpaired) electrons. The summed E-state index contributed by atoms with van der Waals surface area (Å²) in [7, 11) is 0. The molecule has 0 bridgehead atoms. The third-order valence-electron chi connectivity index (χ3n) is 6.94. The van der Waals surface area contributed by atoms with E-state index in [1.54, 1.807) is 4.68 Å². The summed E-state index contributed by atoms with van der Waals surface area (Å²) in [4.78, 5) is 2.19. The molecule has 0 N–H and O–H groups in total. The third-order valence-corrected chi connectivity index (χ3v) is 7.19. The van der Waals surface area contributed by atoms with E-state index in [-0.39, 0.29) is 6.10 Å². The lowest BCUT2D eigenvalue weighted by Gasteiger charge is -2.33. The Bertz CT molecular complexity index is 1320. The molecule has 2 heterocycles. The highest BCUT2D eigenvalue weighted by Crippen LogP contribution is 2.34. The Morgan fingerprint density at radius 3 is 2.38 bits per heavy atom. The van der Waals surface area contributed by atoms with Gasteiger partial charge in [0.25, 0.3) is 0 Å². The van der Waals surface area contributed by atoms with Crippen LogP contribution in [0.5, 0.6) is 0 Å². The fraction of sp³-hybridized carbons (Fsp3) is 0.345. The van der Waals surface area contributed by atoms with E-state index >= 15 is 0 Å². The van der Waals surface area contributed by atoms with E-state index in [0.717, 1.165) is 36.1 Å². The van der Waals surface area contributed by atoms with Gasteiger partial charge in [-0.05, 0) is 70.6 Å². The van der Waals surface area contributed by atoms with Crippen LogP contribution in [0.2, 0.25) is 5.02 Å². The minimum absolute atomic E-state index is 0.00268. The number of tetrazole rings is 1. The second kappa shape index (κ2) is 12.3. The first kappa shape index (κ1) is 27.3. The lowest BCUT2D eigenvalue weighted by molar-refractivity contribution is -0.137. The molecule has 204 valence electrons. The van der Waals surface area contributed by atoms with E-state index in [4.69, 9.17) is 16.3 Å². The third kappa shape index (κ3) is 7.03. The van der Waals surface area contributed by atoms with E-state index in [1.165, 1.54) is 12.1 Å². The maximum atomic E-state index is 13.4. The maximum absolute atomic E-state index is 13.4. The van der Waals surface area contributed by atoms with Crippen molar-refractivity contribution in [3.05, 3.63) is 112 Å². The molecule has 4 aromatic rings. The van der Waals surface area contributed by atoms with Crippen LogP contribution in [0.3, 0.4) is 0 Å². The molecule has 0 saturated carbocycles. The highest BCUT2D eigenvalue weighted by atomic mass is 35.5. The van der Waals surface area contributed by atoms with Crippen molar-refractivity contribution in [2.24, 2.45) is 0 Å². The molecular weight excluding hydrogens is 527 g/mol. The number of rotatable bonds is 10. The molecule has 5 rings (SSSR count). The first-order valence-corrected chi connectivity index (χ1v) is 13.3. The fourth-order valence-electron chi connectivity index (χ4n) is 4.96. The zero-order chi connectivity index (χ0) is 27.2. The van der Waals surface area contributed by atoms with Crippen LogP contribution >= 0.6 is 11.6 Å². The van der Waals surface area contributed by atoms with Crippen molar-refractivity contribution < 1.29 is 17.9 Å². The average molecular weight is 556 g/mol.